The van der Waals surface area contributed by atoms with Crippen LogP contribution in [0.15, 0.2) is 62.6 Å². The van der Waals surface area contributed by atoms with Crippen molar-refractivity contribution in [2.75, 3.05) is 20.3 Å². The number of hydrogen-bond donors (Lipinski definition) is 1. The number of unbranched alkanes of at least 4 members (excludes halogenated alkanes) is 1. The fraction of sp³-hybridized carbons (Fsp3) is 0.280. The normalized spacial score (nSPS) is 16.2. The van der Waals surface area contributed by atoms with E-state index in [-0.39, 0.29) is 11.4 Å². The molecule has 0 radical (unpaired) electrons. The number of methoxy groups -OCH3 is 1. The Balaban J connectivity index is 1.42. The van der Waals surface area contributed by atoms with Gasteiger partial charge in [0.15, 0.2) is 17.3 Å². The van der Waals surface area contributed by atoms with Gasteiger partial charge in [0.1, 0.15) is 24.0 Å². The maximum Gasteiger partial charge on any atom is 0.283 e. The molecule has 0 atom stereocenters. The zero-order valence-corrected chi connectivity index (χ0v) is 21.8. The lowest BCUT2D eigenvalue weighted by Crippen LogP contribution is -2.35. The summed E-state index contributed by atoms with van der Waals surface area (Å²) in [6.45, 7) is 2.81. The summed E-state index contributed by atoms with van der Waals surface area (Å²) in [5.41, 5.74) is 0.863. The van der Waals surface area contributed by atoms with Gasteiger partial charge in [0.05, 0.1) is 12.7 Å². The van der Waals surface area contributed by atoms with Gasteiger partial charge in [-0.05, 0) is 72.6 Å². The lowest BCUT2D eigenvalue weighted by Gasteiger charge is -2.20. The number of amides is 1. The lowest BCUT2D eigenvalue weighted by atomic mass is 10.1. The predicted molar refractivity (Wildman–Crippen MR) is 143 cm³/mol. The smallest absolute Gasteiger partial charge is 0.283 e. The summed E-state index contributed by atoms with van der Waals surface area (Å²) in [4.78, 5) is 16.8. The number of carbonyl (C=O) groups excluding carboxylic acids is 1. The van der Waals surface area contributed by atoms with Crippen LogP contribution in [0.1, 0.15) is 31.7 Å². The first-order chi connectivity index (χ1) is 17.0. The molecular formula is C25H25BrN4O4S. The summed E-state index contributed by atoms with van der Waals surface area (Å²) in [6.07, 6.45) is 4.48. The molecule has 2 aromatic carbocycles. The van der Waals surface area contributed by atoms with Gasteiger partial charge < -0.3 is 14.2 Å². The number of benzene rings is 2. The van der Waals surface area contributed by atoms with Crippen molar-refractivity contribution in [3.8, 4) is 17.2 Å². The number of hydrazone groups is 1. The lowest BCUT2D eigenvalue weighted by molar-refractivity contribution is -0.114. The van der Waals surface area contributed by atoms with Gasteiger partial charge in [-0.1, -0.05) is 35.3 Å². The van der Waals surface area contributed by atoms with E-state index in [0.29, 0.717) is 35.4 Å². The van der Waals surface area contributed by atoms with Gasteiger partial charge in [0, 0.05) is 4.47 Å². The van der Waals surface area contributed by atoms with Crippen molar-refractivity contribution in [2.24, 2.45) is 10.1 Å². The minimum atomic E-state index is -0.454. The summed E-state index contributed by atoms with van der Waals surface area (Å²) in [5.74, 6) is 1.39. The summed E-state index contributed by atoms with van der Waals surface area (Å²) in [5, 5.41) is 15.7. The molecular weight excluding hydrogens is 532 g/mol. The molecule has 1 amide bonds. The number of halogens is 1. The fourth-order valence-electron chi connectivity index (χ4n) is 3.36. The number of aliphatic imine (C=N–C) groups is 1. The summed E-state index contributed by atoms with van der Waals surface area (Å²) < 4.78 is 18.0. The van der Waals surface area contributed by atoms with E-state index in [1.54, 1.807) is 31.4 Å². The zero-order chi connectivity index (χ0) is 24.8. The van der Waals surface area contributed by atoms with E-state index in [1.807, 2.05) is 24.3 Å². The fourth-order valence-corrected chi connectivity index (χ4v) is 4.55. The quantitative estimate of drug-likeness (QED) is 0.296. The number of fused-ring (bicyclic) bond motifs is 1. The number of hydrogen-bond acceptors (Lipinski definition) is 7. The molecule has 1 N–H and O–H groups in total. The van der Waals surface area contributed by atoms with Crippen LogP contribution in [0.5, 0.6) is 17.2 Å². The van der Waals surface area contributed by atoms with Gasteiger partial charge in [-0.3, -0.25) is 10.2 Å². The number of ether oxygens (including phenoxy) is 3. The first kappa shape index (κ1) is 25.0. The highest BCUT2D eigenvalue weighted by Crippen LogP contribution is 2.32. The molecule has 2 heterocycles. The number of rotatable bonds is 10. The van der Waals surface area contributed by atoms with Crippen LogP contribution >= 0.6 is 27.7 Å². The van der Waals surface area contributed by atoms with Crippen molar-refractivity contribution in [1.29, 1.82) is 5.41 Å². The first-order valence-electron chi connectivity index (χ1n) is 11.2. The molecule has 10 heteroatoms. The highest BCUT2D eigenvalue weighted by atomic mass is 79.9. The van der Waals surface area contributed by atoms with E-state index in [1.165, 1.54) is 16.8 Å². The Kier molecular flexibility index (Phi) is 8.25. The molecule has 0 bridgehead atoms. The van der Waals surface area contributed by atoms with Crippen molar-refractivity contribution in [1.82, 2.24) is 5.01 Å². The van der Waals surface area contributed by atoms with E-state index in [0.717, 1.165) is 34.5 Å². The molecule has 2 aliphatic heterocycles. The molecule has 0 aliphatic carbocycles. The van der Waals surface area contributed by atoms with Crippen molar-refractivity contribution in [3.05, 3.63) is 58.1 Å². The molecule has 0 saturated carbocycles. The van der Waals surface area contributed by atoms with E-state index in [9.17, 15) is 4.79 Å². The standard InChI is InChI=1S/C25H25BrN4O4S/c1-3-4-5-22-29-30-23(27)19(24(31)28-25(30)35-22)14-16-6-11-20(21(15-16)32-2)34-13-12-33-18-9-7-17(26)8-10-18/h6-11,14-15,27H,3-5,12-13H2,1-2H3/b19-14+,27-23?. The van der Waals surface area contributed by atoms with E-state index in [4.69, 9.17) is 19.6 Å². The van der Waals surface area contributed by atoms with Crippen molar-refractivity contribution < 1.29 is 19.0 Å². The van der Waals surface area contributed by atoms with Crippen LogP contribution in [0.4, 0.5) is 0 Å². The molecule has 0 fully saturated rings. The minimum Gasteiger partial charge on any atom is -0.493 e. The molecule has 35 heavy (non-hydrogen) atoms. The average Bonchev–Trinajstić information content (AvgIpc) is 3.27. The molecule has 2 aromatic rings. The Morgan fingerprint density at radius 1 is 1.11 bits per heavy atom. The van der Waals surface area contributed by atoms with Crippen LogP contribution in [0.3, 0.4) is 0 Å². The SMILES string of the molecule is CCCCC1=NN2C(=N)/C(=C\c3ccc(OCCOc4ccc(Br)cc4)c(OC)c3)C(=O)N=C2S1. The van der Waals surface area contributed by atoms with E-state index in [2.05, 4.69) is 32.9 Å². The molecule has 0 spiro atoms. The van der Waals surface area contributed by atoms with Gasteiger partial charge in [0.2, 0.25) is 5.17 Å². The summed E-state index contributed by atoms with van der Waals surface area (Å²) in [6, 6.07) is 12.9. The molecule has 8 nitrogen and oxygen atoms in total. The number of nitrogens with zero attached hydrogens (tertiary/aromatic N) is 3. The highest BCUT2D eigenvalue weighted by molar-refractivity contribution is 9.10. The molecule has 0 aromatic heterocycles. The van der Waals surface area contributed by atoms with Gasteiger partial charge in [-0.15, -0.1) is 0 Å². The Bertz CT molecular complexity index is 1210. The third-order valence-corrected chi connectivity index (χ3v) is 6.66. The maximum atomic E-state index is 12.6. The van der Waals surface area contributed by atoms with E-state index >= 15 is 0 Å². The maximum absolute atomic E-state index is 12.6. The minimum absolute atomic E-state index is 0.0170. The van der Waals surface area contributed by atoms with Crippen LogP contribution in [-0.4, -0.2) is 47.3 Å². The monoisotopic (exact) mass is 556 g/mol. The van der Waals surface area contributed by atoms with Crippen LogP contribution in [0, 0.1) is 5.41 Å². The number of thioether (sulfide) groups is 1. The first-order valence-corrected chi connectivity index (χ1v) is 12.8. The Labute approximate surface area is 216 Å². The number of nitrogens with one attached hydrogen (secondary N) is 1. The van der Waals surface area contributed by atoms with Crippen molar-refractivity contribution in [2.45, 2.75) is 26.2 Å². The van der Waals surface area contributed by atoms with Crippen molar-refractivity contribution in [3.63, 3.8) is 0 Å². The van der Waals surface area contributed by atoms with Gasteiger partial charge in [-0.25, -0.2) is 0 Å². The largest absolute Gasteiger partial charge is 0.493 e. The Morgan fingerprint density at radius 2 is 1.89 bits per heavy atom. The second-order valence-corrected chi connectivity index (χ2v) is 9.63. The van der Waals surface area contributed by atoms with E-state index < -0.39 is 5.91 Å². The van der Waals surface area contributed by atoms with Gasteiger partial charge >= 0.3 is 0 Å². The van der Waals surface area contributed by atoms with Crippen LogP contribution in [0.2, 0.25) is 0 Å². The van der Waals surface area contributed by atoms with Gasteiger partial charge in [-0.2, -0.15) is 15.1 Å². The van der Waals surface area contributed by atoms with Crippen LogP contribution in [0.25, 0.3) is 6.08 Å². The summed E-state index contributed by atoms with van der Waals surface area (Å²) >= 11 is 4.75. The molecule has 4 rings (SSSR count). The molecule has 0 unspecified atom stereocenters. The van der Waals surface area contributed by atoms with Crippen molar-refractivity contribution >= 4 is 55.7 Å². The topological polar surface area (TPSA) is 96.6 Å². The highest BCUT2D eigenvalue weighted by Gasteiger charge is 2.35. The third kappa shape index (κ3) is 6.12. The summed E-state index contributed by atoms with van der Waals surface area (Å²) in [7, 11) is 1.55. The third-order valence-electron chi connectivity index (χ3n) is 5.16. The second-order valence-electron chi connectivity index (χ2n) is 7.68. The Morgan fingerprint density at radius 3 is 2.63 bits per heavy atom. The van der Waals surface area contributed by atoms with Gasteiger partial charge in [0.25, 0.3) is 5.91 Å². The zero-order valence-electron chi connectivity index (χ0n) is 19.4. The molecule has 0 saturated heterocycles. The number of carbonyl (C=O) groups is 1. The Hall–Kier alpha value is -3.11. The number of amidine groups is 2. The van der Waals surface area contributed by atoms with Crippen LogP contribution < -0.4 is 14.2 Å². The van der Waals surface area contributed by atoms with Crippen LogP contribution in [-0.2, 0) is 4.79 Å². The molecule has 182 valence electrons. The average molecular weight is 557 g/mol. The predicted octanol–water partition coefficient (Wildman–Crippen LogP) is 5.72. The second kappa shape index (κ2) is 11.5. The molecule has 2 aliphatic rings.